The van der Waals surface area contributed by atoms with Crippen molar-refractivity contribution in [3.05, 3.63) is 23.8 Å². The fourth-order valence-electron chi connectivity index (χ4n) is 2.01. The van der Waals surface area contributed by atoms with E-state index in [0.717, 1.165) is 5.46 Å². The van der Waals surface area contributed by atoms with E-state index in [1.165, 1.54) is 10.5 Å². The van der Waals surface area contributed by atoms with E-state index in [-0.39, 0.29) is 18.3 Å². The van der Waals surface area contributed by atoms with Crippen LogP contribution < -0.4 is 5.46 Å². The third-order valence-electron chi connectivity index (χ3n) is 3.83. The Morgan fingerprint density at radius 3 is 2.06 bits per heavy atom. The van der Waals surface area contributed by atoms with E-state index in [1.54, 1.807) is 11.8 Å². The zero-order valence-corrected chi connectivity index (χ0v) is 12.9. The third kappa shape index (κ3) is 2.47. The number of rotatable bonds is 2. The lowest BCUT2D eigenvalue weighted by molar-refractivity contribution is 0.00578. The number of thioether (sulfide) groups is 1. The van der Waals surface area contributed by atoms with Gasteiger partial charge in [-0.3, -0.25) is 0 Å². The van der Waals surface area contributed by atoms with Gasteiger partial charge in [0.2, 0.25) is 0 Å². The molecule has 2 nitrogen and oxygen atoms in total. The van der Waals surface area contributed by atoms with E-state index in [1.807, 2.05) is 0 Å². The smallest absolute Gasteiger partial charge is 0.399 e. The summed E-state index contributed by atoms with van der Waals surface area (Å²) in [6.07, 6.45) is 2.09. The van der Waals surface area contributed by atoms with Crippen molar-refractivity contribution < 1.29 is 9.31 Å². The number of hydrogen-bond donors (Lipinski definition) is 0. The van der Waals surface area contributed by atoms with Crippen LogP contribution in [0.25, 0.3) is 0 Å². The van der Waals surface area contributed by atoms with E-state index in [9.17, 15) is 0 Å². The summed E-state index contributed by atoms with van der Waals surface area (Å²) in [6, 6.07) is 6.47. The average Bonchev–Trinajstić information content (AvgIpc) is 2.47. The van der Waals surface area contributed by atoms with E-state index < -0.39 is 0 Å². The molecule has 1 fully saturated rings. The fraction of sp³-hybridized carbons (Fsp3) is 0.571. The maximum absolute atomic E-state index is 6.07. The zero-order chi connectivity index (χ0) is 13.6. The second kappa shape index (κ2) is 4.59. The van der Waals surface area contributed by atoms with Crippen molar-refractivity contribution >= 4 is 24.3 Å². The predicted octanol–water partition coefficient (Wildman–Crippen LogP) is 3.02. The molecule has 18 heavy (non-hydrogen) atoms. The van der Waals surface area contributed by atoms with Gasteiger partial charge in [-0.2, -0.15) is 0 Å². The van der Waals surface area contributed by atoms with Gasteiger partial charge in [-0.15, -0.1) is 11.8 Å². The van der Waals surface area contributed by atoms with Crippen molar-refractivity contribution in [2.45, 2.75) is 50.7 Å². The molecular weight excluding hydrogens is 243 g/mol. The van der Waals surface area contributed by atoms with Crippen LogP contribution >= 0.6 is 11.8 Å². The maximum atomic E-state index is 6.07. The van der Waals surface area contributed by atoms with E-state index in [0.29, 0.717) is 0 Å². The Morgan fingerprint density at radius 2 is 1.56 bits per heavy atom. The van der Waals surface area contributed by atoms with Gasteiger partial charge in [-0.1, -0.05) is 11.6 Å². The quantitative estimate of drug-likeness (QED) is 0.604. The van der Waals surface area contributed by atoms with Gasteiger partial charge in [0, 0.05) is 4.90 Å². The number of aryl methyl sites for hydroxylation is 1. The predicted molar refractivity (Wildman–Crippen MR) is 78.7 cm³/mol. The molecule has 0 radical (unpaired) electrons. The summed E-state index contributed by atoms with van der Waals surface area (Å²) in [5.41, 5.74) is 1.80. The van der Waals surface area contributed by atoms with Crippen molar-refractivity contribution in [2.24, 2.45) is 0 Å². The standard InChI is InChI=1S/C14H21BO2S/c1-10-7-11(9-12(8-10)18-6)15-16-13(2,3)14(4,5)17-15/h7-9H,1-6H3. The highest BCUT2D eigenvalue weighted by atomic mass is 32.2. The Morgan fingerprint density at radius 1 is 1.00 bits per heavy atom. The van der Waals surface area contributed by atoms with Gasteiger partial charge >= 0.3 is 7.12 Å². The Kier molecular flexibility index (Phi) is 3.56. The van der Waals surface area contributed by atoms with Gasteiger partial charge in [0.25, 0.3) is 0 Å². The highest BCUT2D eigenvalue weighted by Gasteiger charge is 2.51. The molecule has 0 spiro atoms. The highest BCUT2D eigenvalue weighted by molar-refractivity contribution is 7.98. The first-order valence-corrected chi connectivity index (χ1v) is 7.49. The lowest BCUT2D eigenvalue weighted by Gasteiger charge is -2.32. The molecule has 1 aliphatic heterocycles. The number of hydrogen-bond acceptors (Lipinski definition) is 3. The van der Waals surface area contributed by atoms with Crippen molar-refractivity contribution in [3.63, 3.8) is 0 Å². The number of benzene rings is 1. The lowest BCUT2D eigenvalue weighted by atomic mass is 9.78. The van der Waals surface area contributed by atoms with Gasteiger partial charge in [-0.25, -0.2) is 0 Å². The Labute approximate surface area is 115 Å². The van der Waals surface area contributed by atoms with Crippen LogP contribution in [0.1, 0.15) is 33.3 Å². The SMILES string of the molecule is CSc1cc(C)cc(B2OC(C)(C)C(C)(C)O2)c1. The molecule has 0 aromatic heterocycles. The summed E-state index contributed by atoms with van der Waals surface area (Å²) >= 11 is 1.74. The minimum atomic E-state index is -0.277. The molecule has 0 bridgehead atoms. The summed E-state index contributed by atoms with van der Waals surface area (Å²) in [5.74, 6) is 0. The van der Waals surface area contributed by atoms with Crippen molar-refractivity contribution in [2.75, 3.05) is 6.26 Å². The molecule has 1 saturated heterocycles. The largest absolute Gasteiger partial charge is 0.494 e. The Bertz CT molecular complexity index is 441. The van der Waals surface area contributed by atoms with E-state index in [2.05, 4.69) is 59.1 Å². The topological polar surface area (TPSA) is 18.5 Å². The van der Waals surface area contributed by atoms with Crippen LogP contribution in [0.3, 0.4) is 0 Å². The monoisotopic (exact) mass is 264 g/mol. The molecule has 2 rings (SSSR count). The van der Waals surface area contributed by atoms with Crippen molar-refractivity contribution in [1.82, 2.24) is 0 Å². The van der Waals surface area contributed by atoms with Crippen LogP contribution in [-0.2, 0) is 9.31 Å². The van der Waals surface area contributed by atoms with E-state index in [4.69, 9.17) is 9.31 Å². The van der Waals surface area contributed by atoms with Crippen molar-refractivity contribution in [1.29, 1.82) is 0 Å². The molecule has 0 amide bonds. The van der Waals surface area contributed by atoms with Gasteiger partial charge in [0.1, 0.15) is 0 Å². The van der Waals surface area contributed by atoms with Crippen LogP contribution in [0, 0.1) is 6.92 Å². The molecule has 1 aromatic carbocycles. The molecular formula is C14H21BO2S. The molecule has 1 aliphatic rings. The minimum Gasteiger partial charge on any atom is -0.399 e. The molecule has 0 N–H and O–H groups in total. The normalized spacial score (nSPS) is 21.3. The van der Waals surface area contributed by atoms with Gasteiger partial charge in [0.15, 0.2) is 0 Å². The summed E-state index contributed by atoms with van der Waals surface area (Å²) in [4.78, 5) is 1.25. The lowest BCUT2D eigenvalue weighted by Crippen LogP contribution is -2.41. The first-order chi connectivity index (χ1) is 8.25. The van der Waals surface area contributed by atoms with Crippen LogP contribution in [-0.4, -0.2) is 24.6 Å². The molecule has 1 heterocycles. The van der Waals surface area contributed by atoms with Gasteiger partial charge in [-0.05, 0) is 58.5 Å². The zero-order valence-electron chi connectivity index (χ0n) is 12.0. The first-order valence-electron chi connectivity index (χ1n) is 6.26. The maximum Gasteiger partial charge on any atom is 0.494 e. The summed E-state index contributed by atoms with van der Waals surface area (Å²) < 4.78 is 12.1. The molecule has 0 unspecified atom stereocenters. The average molecular weight is 264 g/mol. The van der Waals surface area contributed by atoms with Crippen LogP contribution in [0.4, 0.5) is 0 Å². The molecule has 0 saturated carbocycles. The minimum absolute atomic E-state index is 0.263. The van der Waals surface area contributed by atoms with Gasteiger partial charge in [0.05, 0.1) is 11.2 Å². The summed E-state index contributed by atoms with van der Waals surface area (Å²) in [7, 11) is -0.263. The summed E-state index contributed by atoms with van der Waals surface area (Å²) in [5, 5.41) is 0. The Hall–Kier alpha value is -0.445. The van der Waals surface area contributed by atoms with Crippen LogP contribution in [0.5, 0.6) is 0 Å². The molecule has 0 aliphatic carbocycles. The molecule has 1 aromatic rings. The molecule has 0 atom stereocenters. The second-order valence-electron chi connectivity index (χ2n) is 5.87. The fourth-order valence-corrected chi connectivity index (χ4v) is 2.57. The molecule has 98 valence electrons. The summed E-state index contributed by atoms with van der Waals surface area (Å²) in [6.45, 7) is 10.4. The Balaban J connectivity index is 2.32. The van der Waals surface area contributed by atoms with E-state index >= 15 is 0 Å². The van der Waals surface area contributed by atoms with Crippen LogP contribution in [0.2, 0.25) is 0 Å². The van der Waals surface area contributed by atoms with Crippen LogP contribution in [0.15, 0.2) is 23.1 Å². The second-order valence-corrected chi connectivity index (χ2v) is 6.75. The molecule has 4 heteroatoms. The van der Waals surface area contributed by atoms with Crippen molar-refractivity contribution in [3.8, 4) is 0 Å². The highest BCUT2D eigenvalue weighted by Crippen LogP contribution is 2.36. The third-order valence-corrected chi connectivity index (χ3v) is 4.54. The van der Waals surface area contributed by atoms with Gasteiger partial charge < -0.3 is 9.31 Å². The first kappa shape index (κ1) is 14.0.